The lowest BCUT2D eigenvalue weighted by Gasteiger charge is -2.34. The summed E-state index contributed by atoms with van der Waals surface area (Å²) in [6.45, 7) is 1.51. The van der Waals surface area contributed by atoms with Gasteiger partial charge in [0.1, 0.15) is 23.8 Å². The summed E-state index contributed by atoms with van der Waals surface area (Å²) in [7, 11) is 3.86. The van der Waals surface area contributed by atoms with Gasteiger partial charge < -0.3 is 15.1 Å². The minimum atomic E-state index is -0.501. The molecular formula is C18H22FN5O. The maximum atomic E-state index is 13.8. The van der Waals surface area contributed by atoms with Crippen molar-refractivity contribution in [3.63, 3.8) is 0 Å². The van der Waals surface area contributed by atoms with Crippen molar-refractivity contribution in [3.8, 4) is 0 Å². The Bertz CT molecular complexity index is 752. The minimum absolute atomic E-state index is 0.0429. The zero-order chi connectivity index (χ0) is 17.8. The number of rotatable bonds is 4. The molecule has 25 heavy (non-hydrogen) atoms. The molecule has 1 saturated heterocycles. The third-order valence-corrected chi connectivity index (χ3v) is 4.30. The topological polar surface area (TPSA) is 61.4 Å². The van der Waals surface area contributed by atoms with E-state index in [0.717, 1.165) is 31.0 Å². The lowest BCUT2D eigenvalue weighted by atomic mass is 10.0. The summed E-state index contributed by atoms with van der Waals surface area (Å²) in [6.07, 6.45) is 3.35. The van der Waals surface area contributed by atoms with Crippen molar-refractivity contribution in [2.75, 3.05) is 37.0 Å². The Hall–Kier alpha value is -2.70. The molecule has 1 aliphatic rings. The fourth-order valence-electron chi connectivity index (χ4n) is 2.97. The molecule has 0 bridgehead atoms. The monoisotopic (exact) mass is 343 g/mol. The quantitative estimate of drug-likeness (QED) is 0.921. The van der Waals surface area contributed by atoms with E-state index >= 15 is 0 Å². The van der Waals surface area contributed by atoms with Gasteiger partial charge in [-0.05, 0) is 25.0 Å². The number of halogens is 1. The molecule has 1 N–H and O–H groups in total. The van der Waals surface area contributed by atoms with Crippen LogP contribution in [0.1, 0.15) is 23.2 Å². The van der Waals surface area contributed by atoms with E-state index in [1.54, 1.807) is 18.5 Å². The van der Waals surface area contributed by atoms with Gasteiger partial charge in [0.15, 0.2) is 0 Å². The fourth-order valence-corrected chi connectivity index (χ4v) is 2.97. The molecule has 132 valence electrons. The highest BCUT2D eigenvalue weighted by molar-refractivity contribution is 5.94. The molecule has 0 radical (unpaired) electrons. The van der Waals surface area contributed by atoms with Crippen LogP contribution in [0.25, 0.3) is 0 Å². The van der Waals surface area contributed by atoms with E-state index in [2.05, 4.69) is 20.2 Å². The first-order chi connectivity index (χ1) is 12.0. The number of aromatic nitrogens is 2. The first-order valence-electron chi connectivity index (χ1n) is 8.34. The number of piperidine rings is 1. The van der Waals surface area contributed by atoms with Gasteiger partial charge in [-0.1, -0.05) is 12.1 Å². The number of carbonyl (C=O) groups excluding carboxylic acids is 1. The third kappa shape index (κ3) is 4.04. The summed E-state index contributed by atoms with van der Waals surface area (Å²) in [4.78, 5) is 24.9. The highest BCUT2D eigenvalue weighted by Crippen LogP contribution is 2.21. The molecule has 1 atom stereocenters. The number of benzene rings is 1. The van der Waals surface area contributed by atoms with E-state index in [-0.39, 0.29) is 17.5 Å². The predicted octanol–water partition coefficient (Wildman–Crippen LogP) is 2.08. The Morgan fingerprint density at radius 2 is 2.12 bits per heavy atom. The van der Waals surface area contributed by atoms with Gasteiger partial charge in [-0.2, -0.15) is 0 Å². The van der Waals surface area contributed by atoms with Crippen molar-refractivity contribution in [2.45, 2.75) is 18.9 Å². The van der Waals surface area contributed by atoms with Crippen molar-refractivity contribution in [1.29, 1.82) is 0 Å². The maximum Gasteiger partial charge on any atom is 0.254 e. The second-order valence-electron chi connectivity index (χ2n) is 6.37. The van der Waals surface area contributed by atoms with E-state index in [0.29, 0.717) is 6.54 Å². The van der Waals surface area contributed by atoms with E-state index in [1.807, 2.05) is 25.1 Å². The molecule has 0 unspecified atom stereocenters. The van der Waals surface area contributed by atoms with E-state index in [4.69, 9.17) is 0 Å². The van der Waals surface area contributed by atoms with Gasteiger partial charge in [0.2, 0.25) is 0 Å². The largest absolute Gasteiger partial charge is 0.363 e. The van der Waals surface area contributed by atoms with Gasteiger partial charge in [-0.3, -0.25) is 4.79 Å². The molecule has 7 heteroatoms. The highest BCUT2D eigenvalue weighted by atomic mass is 19.1. The third-order valence-electron chi connectivity index (χ3n) is 4.30. The second-order valence-corrected chi connectivity index (χ2v) is 6.37. The fraction of sp³-hybridized carbons (Fsp3) is 0.389. The molecule has 0 spiro atoms. The Balaban J connectivity index is 1.68. The van der Waals surface area contributed by atoms with Crippen LogP contribution < -0.4 is 15.1 Å². The van der Waals surface area contributed by atoms with Crippen LogP contribution in [-0.4, -0.2) is 49.1 Å². The molecule has 6 nitrogen and oxygen atoms in total. The van der Waals surface area contributed by atoms with E-state index < -0.39 is 5.82 Å². The van der Waals surface area contributed by atoms with Crippen molar-refractivity contribution in [2.24, 2.45) is 0 Å². The van der Waals surface area contributed by atoms with Gasteiger partial charge in [-0.25, -0.2) is 14.4 Å². The molecule has 1 aromatic carbocycles. The summed E-state index contributed by atoms with van der Waals surface area (Å²) >= 11 is 0. The maximum absolute atomic E-state index is 13.8. The smallest absolute Gasteiger partial charge is 0.254 e. The zero-order valence-electron chi connectivity index (χ0n) is 14.4. The number of anilines is 2. The Morgan fingerprint density at radius 1 is 1.32 bits per heavy atom. The van der Waals surface area contributed by atoms with Crippen LogP contribution >= 0.6 is 0 Å². The van der Waals surface area contributed by atoms with Crippen LogP contribution in [0.4, 0.5) is 16.0 Å². The van der Waals surface area contributed by atoms with Crippen LogP contribution in [-0.2, 0) is 0 Å². The number of hydrogen-bond acceptors (Lipinski definition) is 5. The molecule has 1 amide bonds. The van der Waals surface area contributed by atoms with Crippen LogP contribution in [0.15, 0.2) is 36.7 Å². The first-order valence-corrected chi connectivity index (χ1v) is 8.34. The second kappa shape index (κ2) is 7.46. The number of carbonyl (C=O) groups is 1. The molecule has 1 aliphatic heterocycles. The Morgan fingerprint density at radius 3 is 2.88 bits per heavy atom. The first kappa shape index (κ1) is 17.1. The van der Waals surface area contributed by atoms with Crippen molar-refractivity contribution in [1.82, 2.24) is 15.3 Å². The number of hydrogen-bond donors (Lipinski definition) is 1. The van der Waals surface area contributed by atoms with Gasteiger partial charge >= 0.3 is 0 Å². The van der Waals surface area contributed by atoms with Crippen LogP contribution in [0.3, 0.4) is 0 Å². The van der Waals surface area contributed by atoms with Gasteiger partial charge in [-0.15, -0.1) is 0 Å². The average molecular weight is 343 g/mol. The molecular weight excluding hydrogens is 321 g/mol. The summed E-state index contributed by atoms with van der Waals surface area (Å²) in [5.74, 6) is 0.798. The van der Waals surface area contributed by atoms with E-state index in [1.165, 1.54) is 12.1 Å². The minimum Gasteiger partial charge on any atom is -0.363 e. The van der Waals surface area contributed by atoms with Crippen LogP contribution in [0.5, 0.6) is 0 Å². The van der Waals surface area contributed by atoms with Crippen LogP contribution in [0, 0.1) is 5.82 Å². The summed E-state index contributed by atoms with van der Waals surface area (Å²) in [6, 6.07) is 7.92. The van der Waals surface area contributed by atoms with Gasteiger partial charge in [0.05, 0.1) is 5.56 Å². The van der Waals surface area contributed by atoms with Crippen molar-refractivity contribution < 1.29 is 9.18 Å². The normalized spacial score (nSPS) is 17.2. The van der Waals surface area contributed by atoms with Gasteiger partial charge in [0, 0.05) is 39.3 Å². The van der Waals surface area contributed by atoms with Crippen molar-refractivity contribution >= 4 is 17.5 Å². The standard InChI is InChI=1S/C18H22FN5O/c1-23(2)16-10-17(21-12-20-16)24-9-5-6-13(11-24)22-18(25)14-7-3-4-8-15(14)19/h3-4,7-8,10,12-13H,5-6,9,11H2,1-2H3,(H,22,25)/t13-/m1/s1. The molecule has 0 saturated carbocycles. The zero-order valence-corrected chi connectivity index (χ0v) is 14.4. The molecule has 2 heterocycles. The molecule has 1 aromatic heterocycles. The average Bonchev–Trinajstić information content (AvgIpc) is 2.62. The Labute approximate surface area is 146 Å². The van der Waals surface area contributed by atoms with E-state index in [9.17, 15) is 9.18 Å². The molecule has 0 aliphatic carbocycles. The number of amides is 1. The van der Waals surface area contributed by atoms with Gasteiger partial charge in [0.25, 0.3) is 5.91 Å². The van der Waals surface area contributed by atoms with Crippen molar-refractivity contribution in [3.05, 3.63) is 48.0 Å². The summed E-state index contributed by atoms with van der Waals surface area (Å²) in [5, 5.41) is 2.94. The predicted molar refractivity (Wildman–Crippen MR) is 95.5 cm³/mol. The lowest BCUT2D eigenvalue weighted by Crippen LogP contribution is -2.48. The lowest BCUT2D eigenvalue weighted by molar-refractivity contribution is 0.0929. The Kier molecular flexibility index (Phi) is 5.11. The number of nitrogens with one attached hydrogen (secondary N) is 1. The molecule has 1 fully saturated rings. The number of nitrogens with zero attached hydrogens (tertiary/aromatic N) is 4. The SMILES string of the molecule is CN(C)c1cc(N2CCC[C@@H](NC(=O)c3ccccc3F)C2)ncn1. The molecule has 3 rings (SSSR count). The highest BCUT2D eigenvalue weighted by Gasteiger charge is 2.24. The molecule has 2 aromatic rings. The summed E-state index contributed by atoms with van der Waals surface area (Å²) in [5.41, 5.74) is 0.0801. The summed E-state index contributed by atoms with van der Waals surface area (Å²) < 4.78 is 13.8. The van der Waals surface area contributed by atoms with Crippen LogP contribution in [0.2, 0.25) is 0 Å².